The summed E-state index contributed by atoms with van der Waals surface area (Å²) in [5, 5.41) is 8.87. The molecule has 0 fully saturated rings. The molecule has 7 nitrogen and oxygen atoms in total. The predicted octanol–water partition coefficient (Wildman–Crippen LogP) is 1.06. The van der Waals surface area contributed by atoms with Gasteiger partial charge in [-0.1, -0.05) is 6.07 Å². The summed E-state index contributed by atoms with van der Waals surface area (Å²) < 4.78 is 26.1. The van der Waals surface area contributed by atoms with Crippen molar-refractivity contribution >= 4 is 21.5 Å². The van der Waals surface area contributed by atoms with E-state index in [1.54, 1.807) is 18.2 Å². The van der Waals surface area contributed by atoms with Gasteiger partial charge in [0.1, 0.15) is 10.7 Å². The lowest BCUT2D eigenvalue weighted by Crippen LogP contribution is -2.26. The van der Waals surface area contributed by atoms with E-state index < -0.39 is 10.0 Å². The lowest BCUT2D eigenvalue weighted by Gasteiger charge is -2.19. The minimum atomic E-state index is -3.75. The van der Waals surface area contributed by atoms with Gasteiger partial charge in [0.05, 0.1) is 17.3 Å². The molecule has 8 heteroatoms. The first-order chi connectivity index (χ1) is 9.98. The zero-order valence-corrected chi connectivity index (χ0v) is 12.0. The van der Waals surface area contributed by atoms with E-state index in [-0.39, 0.29) is 4.90 Å². The number of nitrogen functional groups attached to an aromatic ring is 1. The van der Waals surface area contributed by atoms with Crippen LogP contribution in [0.15, 0.2) is 47.5 Å². The van der Waals surface area contributed by atoms with E-state index in [2.05, 4.69) is 10.4 Å². The summed E-state index contributed by atoms with van der Waals surface area (Å²) in [7, 11) is -2.33. The molecule has 0 radical (unpaired) electrons. The Hall–Kier alpha value is -2.63. The second kappa shape index (κ2) is 5.78. The Labute approximate surface area is 122 Å². The number of nitriles is 1. The number of anilines is 2. The van der Waals surface area contributed by atoms with Gasteiger partial charge in [0.15, 0.2) is 0 Å². The van der Waals surface area contributed by atoms with Gasteiger partial charge >= 0.3 is 0 Å². The Balaban J connectivity index is 2.39. The molecule has 3 N–H and O–H groups in total. The number of nitrogens with two attached hydrogens (primary N) is 1. The molecule has 0 unspecified atom stereocenters. The van der Waals surface area contributed by atoms with Crippen molar-refractivity contribution in [2.75, 3.05) is 16.8 Å². The van der Waals surface area contributed by atoms with E-state index in [4.69, 9.17) is 11.1 Å². The smallest absolute Gasteiger partial charge is 0.265 e. The zero-order chi connectivity index (χ0) is 15.5. The standard InChI is InChI=1S/C13H13N5O2S/c1-18(11-4-2-3-10(7-11)8-14)21(19,20)12-5-6-13(17-15)16-9-12/h2-7,9H,15H2,1H3,(H,16,17). The number of nitrogens with zero attached hydrogens (tertiary/aromatic N) is 3. The molecular weight excluding hydrogens is 290 g/mol. The molecule has 0 amide bonds. The molecule has 1 aromatic carbocycles. The molecule has 0 bridgehead atoms. The Morgan fingerprint density at radius 3 is 2.67 bits per heavy atom. The summed E-state index contributed by atoms with van der Waals surface area (Å²) in [6.07, 6.45) is 1.22. The largest absolute Gasteiger partial charge is 0.308 e. The summed E-state index contributed by atoms with van der Waals surface area (Å²) in [5.41, 5.74) is 3.11. The number of hydrazine groups is 1. The second-order valence-electron chi connectivity index (χ2n) is 4.16. The maximum Gasteiger partial charge on any atom is 0.265 e. The summed E-state index contributed by atoms with van der Waals surface area (Å²) in [5.74, 6) is 5.55. The molecule has 1 aromatic heterocycles. The normalized spacial score (nSPS) is 10.7. The van der Waals surface area contributed by atoms with E-state index in [9.17, 15) is 8.42 Å². The molecule has 2 rings (SSSR count). The topological polar surface area (TPSA) is 112 Å². The maximum absolute atomic E-state index is 12.5. The van der Waals surface area contributed by atoms with Gasteiger partial charge in [-0.2, -0.15) is 5.26 Å². The van der Waals surface area contributed by atoms with Crippen molar-refractivity contribution in [3.05, 3.63) is 48.2 Å². The summed E-state index contributed by atoms with van der Waals surface area (Å²) in [6.45, 7) is 0. The Kier molecular flexibility index (Phi) is 4.07. The quantitative estimate of drug-likeness (QED) is 0.645. The number of hydrogen-bond donors (Lipinski definition) is 2. The van der Waals surface area contributed by atoms with Crippen molar-refractivity contribution in [2.45, 2.75) is 4.90 Å². The number of aromatic nitrogens is 1. The van der Waals surface area contributed by atoms with Crippen LogP contribution in [0.4, 0.5) is 11.5 Å². The molecule has 1 heterocycles. The van der Waals surface area contributed by atoms with Gasteiger partial charge < -0.3 is 5.43 Å². The third kappa shape index (κ3) is 2.94. The van der Waals surface area contributed by atoms with Gasteiger partial charge in [-0.05, 0) is 30.3 Å². The summed E-state index contributed by atoms with van der Waals surface area (Å²) in [6, 6.07) is 11.2. The number of nitrogens with one attached hydrogen (secondary N) is 1. The van der Waals surface area contributed by atoms with Crippen LogP contribution >= 0.6 is 0 Å². The molecule has 21 heavy (non-hydrogen) atoms. The highest BCUT2D eigenvalue weighted by atomic mass is 32.2. The highest BCUT2D eigenvalue weighted by Crippen LogP contribution is 2.22. The Morgan fingerprint density at radius 2 is 2.10 bits per heavy atom. The van der Waals surface area contributed by atoms with Crippen LogP contribution in [0, 0.1) is 11.3 Å². The minimum absolute atomic E-state index is 0.0337. The Morgan fingerprint density at radius 1 is 1.33 bits per heavy atom. The van der Waals surface area contributed by atoms with Crippen molar-refractivity contribution in [1.29, 1.82) is 5.26 Å². The molecule has 0 spiro atoms. The van der Waals surface area contributed by atoms with Crippen LogP contribution in [-0.4, -0.2) is 20.4 Å². The van der Waals surface area contributed by atoms with Gasteiger partial charge in [-0.3, -0.25) is 4.31 Å². The summed E-state index contributed by atoms with van der Waals surface area (Å²) in [4.78, 5) is 3.91. The Bertz CT molecular complexity index is 781. The van der Waals surface area contributed by atoms with Gasteiger partial charge in [0.25, 0.3) is 10.0 Å². The van der Waals surface area contributed by atoms with Crippen molar-refractivity contribution in [3.8, 4) is 6.07 Å². The number of rotatable bonds is 4. The van der Waals surface area contributed by atoms with Gasteiger partial charge in [-0.25, -0.2) is 19.2 Å². The minimum Gasteiger partial charge on any atom is -0.308 e. The number of benzene rings is 1. The summed E-state index contributed by atoms with van der Waals surface area (Å²) >= 11 is 0. The fraction of sp³-hybridized carbons (Fsp3) is 0.0769. The van der Waals surface area contributed by atoms with Crippen LogP contribution in [0.3, 0.4) is 0 Å². The first kappa shape index (κ1) is 14.8. The van der Waals surface area contributed by atoms with Gasteiger partial charge in [0.2, 0.25) is 0 Å². The van der Waals surface area contributed by atoms with E-state index in [0.717, 1.165) is 4.31 Å². The molecule has 108 valence electrons. The van der Waals surface area contributed by atoms with Crippen LogP contribution < -0.4 is 15.6 Å². The fourth-order valence-electron chi connectivity index (χ4n) is 1.69. The van der Waals surface area contributed by atoms with Crippen molar-refractivity contribution in [3.63, 3.8) is 0 Å². The lowest BCUT2D eigenvalue weighted by molar-refractivity contribution is 0.594. The third-order valence-electron chi connectivity index (χ3n) is 2.88. The highest BCUT2D eigenvalue weighted by Gasteiger charge is 2.21. The van der Waals surface area contributed by atoms with Crippen LogP contribution in [-0.2, 0) is 10.0 Å². The van der Waals surface area contributed by atoms with Crippen molar-refractivity contribution in [1.82, 2.24) is 4.98 Å². The van der Waals surface area contributed by atoms with Crippen LogP contribution in [0.2, 0.25) is 0 Å². The molecular formula is C13H13N5O2S. The van der Waals surface area contributed by atoms with Gasteiger partial charge in [-0.15, -0.1) is 0 Å². The monoisotopic (exact) mass is 303 g/mol. The van der Waals surface area contributed by atoms with E-state index >= 15 is 0 Å². The van der Waals surface area contributed by atoms with E-state index in [0.29, 0.717) is 17.1 Å². The molecule has 0 aliphatic heterocycles. The molecule has 0 saturated heterocycles. The van der Waals surface area contributed by atoms with Crippen LogP contribution in [0.1, 0.15) is 5.56 Å². The maximum atomic E-state index is 12.5. The molecule has 0 atom stereocenters. The van der Waals surface area contributed by atoms with Gasteiger partial charge in [0, 0.05) is 13.2 Å². The second-order valence-corrected chi connectivity index (χ2v) is 6.13. The number of pyridine rings is 1. The number of hydrogen-bond acceptors (Lipinski definition) is 6. The molecule has 0 aliphatic rings. The first-order valence-corrected chi connectivity index (χ1v) is 7.35. The van der Waals surface area contributed by atoms with E-state index in [1.165, 1.54) is 31.4 Å². The first-order valence-electron chi connectivity index (χ1n) is 5.91. The SMILES string of the molecule is CN(c1cccc(C#N)c1)S(=O)(=O)c1ccc(NN)nc1. The molecule has 0 saturated carbocycles. The average molecular weight is 303 g/mol. The van der Waals surface area contributed by atoms with E-state index in [1.807, 2.05) is 6.07 Å². The number of sulfonamides is 1. The van der Waals surface area contributed by atoms with Crippen molar-refractivity contribution < 1.29 is 8.42 Å². The highest BCUT2D eigenvalue weighted by molar-refractivity contribution is 7.92. The zero-order valence-electron chi connectivity index (χ0n) is 11.2. The average Bonchev–Trinajstić information content (AvgIpc) is 2.54. The van der Waals surface area contributed by atoms with Crippen molar-refractivity contribution in [2.24, 2.45) is 5.84 Å². The van der Waals surface area contributed by atoms with Crippen LogP contribution in [0.5, 0.6) is 0 Å². The predicted molar refractivity (Wildman–Crippen MR) is 78.8 cm³/mol. The fourth-order valence-corrected chi connectivity index (χ4v) is 2.82. The lowest BCUT2D eigenvalue weighted by atomic mass is 10.2. The molecule has 0 aliphatic carbocycles. The molecule has 2 aromatic rings. The van der Waals surface area contributed by atoms with Crippen LogP contribution in [0.25, 0.3) is 0 Å². The third-order valence-corrected chi connectivity index (χ3v) is 4.65.